The molecule has 0 bridgehead atoms. The van der Waals surface area contributed by atoms with E-state index in [1.54, 1.807) is 5.48 Å². The number of carbonyl (C=O) groups is 1. The van der Waals surface area contributed by atoms with Crippen molar-refractivity contribution in [2.24, 2.45) is 0 Å². The van der Waals surface area contributed by atoms with Crippen molar-refractivity contribution in [3.63, 3.8) is 0 Å². The number of ether oxygens (including phenoxy) is 1. The van der Waals surface area contributed by atoms with Gasteiger partial charge in [0.05, 0.1) is 6.61 Å². The molecule has 1 aromatic carbocycles. The smallest absolute Gasteiger partial charge is 0.243 e. The van der Waals surface area contributed by atoms with Gasteiger partial charge in [-0.1, -0.05) is 11.3 Å². The third kappa shape index (κ3) is 6.73. The van der Waals surface area contributed by atoms with Crippen LogP contribution in [0.3, 0.4) is 0 Å². The highest BCUT2D eigenvalue weighted by Crippen LogP contribution is 2.25. The number of benzene rings is 1. The Morgan fingerprint density at radius 3 is 2.71 bits per heavy atom. The molecule has 9 heteroatoms. The maximum atomic E-state index is 10.8. The lowest BCUT2D eigenvalue weighted by Crippen LogP contribution is -2.17. The van der Waals surface area contributed by atoms with Crippen LogP contribution in [0.15, 0.2) is 29.2 Å². The molecular weight excluding hydrogens is 348 g/mol. The molecule has 7 nitrogen and oxygen atoms in total. The van der Waals surface area contributed by atoms with Crippen molar-refractivity contribution < 1.29 is 14.7 Å². The van der Waals surface area contributed by atoms with Gasteiger partial charge in [-0.2, -0.15) is 0 Å². The molecule has 0 saturated carbocycles. The third-order valence-electron chi connectivity index (χ3n) is 3.05. The van der Waals surface area contributed by atoms with Crippen LogP contribution in [0, 0.1) is 6.92 Å². The molecule has 2 aromatic rings. The molecule has 130 valence electrons. The molecule has 0 saturated heterocycles. The standard InChI is InChI=1S/C15H20N4O3S2/c1-11-16-17-15(23-11)19-24-13-8-6-12(7-9-13)22-10-4-2-3-5-14(20)18-21/h6-9,21H,2-5,10H2,1H3,(H,17,19)(H,18,20). The van der Waals surface area contributed by atoms with E-state index in [4.69, 9.17) is 9.94 Å². The van der Waals surface area contributed by atoms with Crippen molar-refractivity contribution in [1.29, 1.82) is 0 Å². The van der Waals surface area contributed by atoms with Crippen LogP contribution in [0.2, 0.25) is 0 Å². The summed E-state index contributed by atoms with van der Waals surface area (Å²) in [7, 11) is 0. The number of hydrogen-bond acceptors (Lipinski definition) is 8. The zero-order valence-corrected chi connectivity index (χ0v) is 15.0. The molecule has 2 rings (SSSR count). The number of hydrogen-bond donors (Lipinski definition) is 3. The second-order valence-corrected chi connectivity index (χ2v) is 7.06. The highest BCUT2D eigenvalue weighted by Gasteiger charge is 2.02. The quantitative estimate of drug-likeness (QED) is 0.256. The van der Waals surface area contributed by atoms with Gasteiger partial charge in [0.25, 0.3) is 0 Å². The van der Waals surface area contributed by atoms with Crippen molar-refractivity contribution in [2.75, 3.05) is 11.3 Å². The van der Waals surface area contributed by atoms with Gasteiger partial charge in [0.2, 0.25) is 11.0 Å². The van der Waals surface area contributed by atoms with Crippen LogP contribution in [0.4, 0.5) is 5.13 Å². The number of carbonyl (C=O) groups excluding carboxylic acids is 1. The Morgan fingerprint density at radius 1 is 1.25 bits per heavy atom. The minimum atomic E-state index is -0.346. The Labute approximate surface area is 148 Å². The number of amides is 1. The van der Waals surface area contributed by atoms with E-state index in [0.717, 1.165) is 40.0 Å². The van der Waals surface area contributed by atoms with Crippen molar-refractivity contribution in [3.8, 4) is 5.75 Å². The molecule has 0 fully saturated rings. The highest BCUT2D eigenvalue weighted by molar-refractivity contribution is 8.00. The van der Waals surface area contributed by atoms with E-state index in [2.05, 4.69) is 14.9 Å². The molecule has 0 radical (unpaired) electrons. The van der Waals surface area contributed by atoms with Crippen LogP contribution in [0.5, 0.6) is 5.75 Å². The maximum Gasteiger partial charge on any atom is 0.243 e. The number of nitrogens with one attached hydrogen (secondary N) is 2. The predicted octanol–water partition coefficient (Wildman–Crippen LogP) is 3.41. The van der Waals surface area contributed by atoms with Crippen LogP contribution in [-0.2, 0) is 4.79 Å². The Balaban J connectivity index is 1.62. The first-order chi connectivity index (χ1) is 11.7. The molecule has 1 amide bonds. The molecule has 0 aliphatic rings. The molecular formula is C15H20N4O3S2. The molecule has 0 atom stereocenters. The van der Waals surface area contributed by atoms with Crippen LogP contribution in [0.1, 0.15) is 30.7 Å². The van der Waals surface area contributed by atoms with Gasteiger partial charge >= 0.3 is 0 Å². The normalized spacial score (nSPS) is 10.4. The molecule has 3 N–H and O–H groups in total. The van der Waals surface area contributed by atoms with E-state index in [0.29, 0.717) is 13.0 Å². The highest BCUT2D eigenvalue weighted by atomic mass is 32.2. The monoisotopic (exact) mass is 368 g/mol. The van der Waals surface area contributed by atoms with E-state index < -0.39 is 0 Å². The molecule has 0 aliphatic carbocycles. The van der Waals surface area contributed by atoms with Gasteiger partial charge in [0, 0.05) is 11.3 Å². The fraction of sp³-hybridized carbons (Fsp3) is 0.400. The second kappa shape index (κ2) is 10.1. The first-order valence-corrected chi connectivity index (χ1v) is 9.19. The van der Waals surface area contributed by atoms with E-state index >= 15 is 0 Å². The molecule has 0 spiro atoms. The van der Waals surface area contributed by atoms with Gasteiger partial charge in [-0.25, -0.2) is 5.48 Å². The minimum absolute atomic E-state index is 0.337. The number of hydroxylamine groups is 1. The van der Waals surface area contributed by atoms with Crippen molar-refractivity contribution in [2.45, 2.75) is 37.5 Å². The Morgan fingerprint density at radius 2 is 2.04 bits per heavy atom. The Hall–Kier alpha value is -1.84. The van der Waals surface area contributed by atoms with Crippen molar-refractivity contribution in [1.82, 2.24) is 15.7 Å². The van der Waals surface area contributed by atoms with Crippen LogP contribution >= 0.6 is 23.3 Å². The zero-order chi connectivity index (χ0) is 17.2. The molecule has 24 heavy (non-hydrogen) atoms. The van der Waals surface area contributed by atoms with Crippen molar-refractivity contribution in [3.05, 3.63) is 29.3 Å². The molecule has 0 aliphatic heterocycles. The van der Waals surface area contributed by atoms with Crippen LogP contribution in [0.25, 0.3) is 0 Å². The fourth-order valence-corrected chi connectivity index (χ4v) is 3.11. The number of rotatable bonds is 10. The first kappa shape index (κ1) is 18.5. The Kier molecular flexibility index (Phi) is 7.80. The van der Waals surface area contributed by atoms with E-state index in [1.807, 2.05) is 31.2 Å². The summed E-state index contributed by atoms with van der Waals surface area (Å²) in [4.78, 5) is 11.9. The predicted molar refractivity (Wildman–Crippen MR) is 94.5 cm³/mol. The van der Waals surface area contributed by atoms with E-state index in [-0.39, 0.29) is 5.91 Å². The molecule has 1 aromatic heterocycles. The number of aryl methyl sites for hydroxylation is 1. The zero-order valence-electron chi connectivity index (χ0n) is 13.3. The van der Waals surface area contributed by atoms with Gasteiger partial charge in [-0.3, -0.25) is 10.0 Å². The summed E-state index contributed by atoms with van der Waals surface area (Å²) < 4.78 is 8.81. The largest absolute Gasteiger partial charge is 0.494 e. The summed E-state index contributed by atoms with van der Waals surface area (Å²) in [5.41, 5.74) is 1.62. The average Bonchev–Trinajstić information content (AvgIpc) is 3.02. The summed E-state index contributed by atoms with van der Waals surface area (Å²) in [5, 5.41) is 18.0. The van der Waals surface area contributed by atoms with E-state index in [1.165, 1.54) is 23.3 Å². The molecule has 0 unspecified atom stereocenters. The van der Waals surface area contributed by atoms with Crippen molar-refractivity contribution >= 4 is 34.3 Å². The van der Waals surface area contributed by atoms with Gasteiger partial charge in [-0.05, 0) is 62.4 Å². The summed E-state index contributed by atoms with van der Waals surface area (Å²) in [6, 6.07) is 7.81. The molecule has 1 heterocycles. The van der Waals surface area contributed by atoms with Gasteiger partial charge < -0.3 is 9.46 Å². The van der Waals surface area contributed by atoms with Gasteiger partial charge in [0.15, 0.2) is 0 Å². The number of unbranched alkanes of at least 4 members (excludes halogenated alkanes) is 2. The fourth-order valence-electron chi connectivity index (χ4n) is 1.85. The summed E-state index contributed by atoms with van der Waals surface area (Å²) in [5.74, 6) is 0.473. The summed E-state index contributed by atoms with van der Waals surface area (Å²) >= 11 is 2.99. The summed E-state index contributed by atoms with van der Waals surface area (Å²) in [6.45, 7) is 2.52. The average molecular weight is 368 g/mol. The lowest BCUT2D eigenvalue weighted by molar-refractivity contribution is -0.129. The topological polar surface area (TPSA) is 96.4 Å². The van der Waals surface area contributed by atoms with Gasteiger partial charge in [-0.15, -0.1) is 10.2 Å². The SMILES string of the molecule is Cc1nnc(NSc2ccc(OCCCCCC(=O)NO)cc2)s1. The van der Waals surface area contributed by atoms with E-state index in [9.17, 15) is 4.79 Å². The lowest BCUT2D eigenvalue weighted by Gasteiger charge is -2.07. The minimum Gasteiger partial charge on any atom is -0.494 e. The Bertz CT molecular complexity index is 634. The summed E-state index contributed by atoms with van der Waals surface area (Å²) in [6.07, 6.45) is 2.82. The number of anilines is 1. The third-order valence-corrected chi connectivity index (χ3v) is 4.73. The first-order valence-electron chi connectivity index (χ1n) is 7.56. The van der Waals surface area contributed by atoms with Crippen LogP contribution in [-0.4, -0.2) is 27.9 Å². The maximum absolute atomic E-state index is 10.8. The number of aromatic nitrogens is 2. The second-order valence-electron chi connectivity index (χ2n) is 5.00. The van der Waals surface area contributed by atoms with Gasteiger partial charge in [0.1, 0.15) is 10.8 Å². The lowest BCUT2D eigenvalue weighted by atomic mass is 10.2. The van der Waals surface area contributed by atoms with Crippen LogP contribution < -0.4 is 14.9 Å². The number of nitrogens with zero attached hydrogens (tertiary/aromatic N) is 2.